The van der Waals surface area contributed by atoms with Crippen LogP contribution >= 0.6 is 0 Å². The zero-order valence-corrected chi connectivity index (χ0v) is 7.99. The number of anilines is 2. The summed E-state index contributed by atoms with van der Waals surface area (Å²) in [6, 6.07) is 5.92. The molecule has 0 saturated heterocycles. The molecular formula is C10H11N3O2. The Hall–Kier alpha value is -2.30. The lowest BCUT2D eigenvalue weighted by molar-refractivity contribution is -0.111. The third-order valence-electron chi connectivity index (χ3n) is 1.61. The van der Waals surface area contributed by atoms with Crippen molar-refractivity contribution < 1.29 is 9.59 Å². The Morgan fingerprint density at radius 2 is 1.60 bits per heavy atom. The van der Waals surface area contributed by atoms with Gasteiger partial charge in [0.15, 0.2) is 0 Å². The molecule has 0 saturated carbocycles. The van der Waals surface area contributed by atoms with Crippen LogP contribution in [0.25, 0.3) is 0 Å². The number of carbonyl (C=O) groups is 2. The molecular weight excluding hydrogens is 194 g/mol. The average Bonchev–Trinajstić information content (AvgIpc) is 2.20. The fourth-order valence-electron chi connectivity index (χ4n) is 0.972. The molecule has 15 heavy (non-hydrogen) atoms. The van der Waals surface area contributed by atoms with Crippen LogP contribution in [0, 0.1) is 0 Å². The summed E-state index contributed by atoms with van der Waals surface area (Å²) in [5, 5.41) is 4.98. The number of primary amides is 1. The van der Waals surface area contributed by atoms with Gasteiger partial charge in [0.05, 0.1) is 0 Å². The fraction of sp³-hybridized carbons (Fsp3) is 0. The van der Waals surface area contributed by atoms with Gasteiger partial charge in [0.25, 0.3) is 0 Å². The predicted molar refractivity (Wildman–Crippen MR) is 58.5 cm³/mol. The molecule has 1 rings (SSSR count). The SMILES string of the molecule is C=CC(=O)Nc1ccc(NC(N)=O)cc1. The number of amides is 3. The van der Waals surface area contributed by atoms with Gasteiger partial charge < -0.3 is 16.4 Å². The lowest BCUT2D eigenvalue weighted by Crippen LogP contribution is -2.19. The van der Waals surface area contributed by atoms with Crippen molar-refractivity contribution >= 4 is 23.3 Å². The first-order valence-electron chi connectivity index (χ1n) is 4.22. The second-order valence-corrected chi connectivity index (χ2v) is 2.76. The van der Waals surface area contributed by atoms with Gasteiger partial charge in [-0.15, -0.1) is 0 Å². The molecule has 78 valence electrons. The summed E-state index contributed by atoms with van der Waals surface area (Å²) in [4.78, 5) is 21.4. The fourth-order valence-corrected chi connectivity index (χ4v) is 0.972. The Balaban J connectivity index is 2.67. The van der Waals surface area contributed by atoms with Gasteiger partial charge >= 0.3 is 6.03 Å². The molecule has 5 heteroatoms. The highest BCUT2D eigenvalue weighted by molar-refractivity contribution is 5.99. The maximum atomic E-state index is 10.9. The molecule has 0 bridgehead atoms. The maximum Gasteiger partial charge on any atom is 0.316 e. The van der Waals surface area contributed by atoms with Gasteiger partial charge in [-0.3, -0.25) is 4.79 Å². The first-order valence-corrected chi connectivity index (χ1v) is 4.22. The van der Waals surface area contributed by atoms with Crippen LogP contribution in [-0.4, -0.2) is 11.9 Å². The van der Waals surface area contributed by atoms with Crippen LogP contribution < -0.4 is 16.4 Å². The zero-order chi connectivity index (χ0) is 11.3. The van der Waals surface area contributed by atoms with Gasteiger partial charge in [0.1, 0.15) is 0 Å². The van der Waals surface area contributed by atoms with E-state index in [0.29, 0.717) is 11.4 Å². The molecule has 5 nitrogen and oxygen atoms in total. The number of benzene rings is 1. The zero-order valence-electron chi connectivity index (χ0n) is 7.99. The molecule has 0 aliphatic carbocycles. The number of nitrogens with one attached hydrogen (secondary N) is 2. The first kappa shape index (κ1) is 10.8. The quantitative estimate of drug-likeness (QED) is 0.650. The van der Waals surface area contributed by atoms with Crippen LogP contribution in [0.2, 0.25) is 0 Å². The monoisotopic (exact) mass is 205 g/mol. The Bertz CT molecular complexity index is 384. The highest BCUT2D eigenvalue weighted by Crippen LogP contribution is 2.13. The van der Waals surface area contributed by atoms with Crippen molar-refractivity contribution in [3.05, 3.63) is 36.9 Å². The van der Waals surface area contributed by atoms with Crippen LogP contribution in [0.15, 0.2) is 36.9 Å². The minimum Gasteiger partial charge on any atom is -0.351 e. The largest absolute Gasteiger partial charge is 0.351 e. The number of hydrogen-bond donors (Lipinski definition) is 3. The molecule has 0 spiro atoms. The van der Waals surface area contributed by atoms with E-state index in [0.717, 1.165) is 0 Å². The smallest absolute Gasteiger partial charge is 0.316 e. The molecule has 1 aromatic carbocycles. The number of rotatable bonds is 3. The Kier molecular flexibility index (Phi) is 3.45. The minimum absolute atomic E-state index is 0.286. The summed E-state index contributed by atoms with van der Waals surface area (Å²) in [5.74, 6) is -0.286. The molecule has 1 aromatic rings. The van der Waals surface area contributed by atoms with E-state index in [4.69, 9.17) is 5.73 Å². The molecule has 0 heterocycles. The molecule has 0 aromatic heterocycles. The molecule has 0 unspecified atom stereocenters. The van der Waals surface area contributed by atoms with Crippen molar-refractivity contribution in [3.63, 3.8) is 0 Å². The topological polar surface area (TPSA) is 84.2 Å². The van der Waals surface area contributed by atoms with E-state index in [1.54, 1.807) is 24.3 Å². The Morgan fingerprint density at radius 1 is 1.13 bits per heavy atom. The van der Waals surface area contributed by atoms with E-state index >= 15 is 0 Å². The second-order valence-electron chi connectivity index (χ2n) is 2.76. The third kappa shape index (κ3) is 3.51. The van der Waals surface area contributed by atoms with Crippen LogP contribution in [0.4, 0.5) is 16.2 Å². The van der Waals surface area contributed by atoms with Crippen molar-refractivity contribution in [3.8, 4) is 0 Å². The molecule has 0 atom stereocenters. The highest BCUT2D eigenvalue weighted by atomic mass is 16.2. The highest BCUT2D eigenvalue weighted by Gasteiger charge is 1.98. The van der Waals surface area contributed by atoms with Crippen LogP contribution in [0.3, 0.4) is 0 Å². The molecule has 3 amide bonds. The van der Waals surface area contributed by atoms with Gasteiger partial charge in [0.2, 0.25) is 5.91 Å². The summed E-state index contributed by atoms with van der Waals surface area (Å²) in [7, 11) is 0. The van der Waals surface area contributed by atoms with Crippen molar-refractivity contribution in [2.75, 3.05) is 10.6 Å². The molecule has 0 fully saturated rings. The third-order valence-corrected chi connectivity index (χ3v) is 1.61. The summed E-state index contributed by atoms with van der Waals surface area (Å²) >= 11 is 0. The summed E-state index contributed by atoms with van der Waals surface area (Å²) in [6.45, 7) is 3.33. The van der Waals surface area contributed by atoms with E-state index in [-0.39, 0.29) is 5.91 Å². The van der Waals surface area contributed by atoms with Crippen molar-refractivity contribution in [2.45, 2.75) is 0 Å². The number of hydrogen-bond acceptors (Lipinski definition) is 2. The number of urea groups is 1. The Morgan fingerprint density at radius 3 is 2.00 bits per heavy atom. The second kappa shape index (κ2) is 4.80. The van der Waals surface area contributed by atoms with Crippen LogP contribution in [-0.2, 0) is 4.79 Å². The van der Waals surface area contributed by atoms with Crippen LogP contribution in [0.5, 0.6) is 0 Å². The Labute approximate surface area is 87.0 Å². The van der Waals surface area contributed by atoms with E-state index < -0.39 is 6.03 Å². The number of carbonyl (C=O) groups excluding carboxylic acids is 2. The van der Waals surface area contributed by atoms with Crippen molar-refractivity contribution in [1.29, 1.82) is 0 Å². The maximum absolute atomic E-state index is 10.9. The molecule has 0 radical (unpaired) electrons. The average molecular weight is 205 g/mol. The molecule has 0 aliphatic heterocycles. The van der Waals surface area contributed by atoms with Gasteiger partial charge in [0, 0.05) is 11.4 Å². The lowest BCUT2D eigenvalue weighted by Gasteiger charge is -2.04. The van der Waals surface area contributed by atoms with Gasteiger partial charge in [-0.2, -0.15) is 0 Å². The van der Waals surface area contributed by atoms with E-state index in [1.807, 2.05) is 0 Å². The van der Waals surface area contributed by atoms with Crippen molar-refractivity contribution in [2.24, 2.45) is 5.73 Å². The minimum atomic E-state index is -0.627. The predicted octanol–water partition coefficient (Wildman–Crippen LogP) is 1.30. The van der Waals surface area contributed by atoms with E-state index in [9.17, 15) is 9.59 Å². The summed E-state index contributed by atoms with van der Waals surface area (Å²) in [5.41, 5.74) is 6.12. The van der Waals surface area contributed by atoms with Crippen molar-refractivity contribution in [1.82, 2.24) is 0 Å². The summed E-state index contributed by atoms with van der Waals surface area (Å²) in [6.07, 6.45) is 1.18. The first-order chi connectivity index (χ1) is 7.11. The van der Waals surface area contributed by atoms with Crippen LogP contribution in [0.1, 0.15) is 0 Å². The lowest BCUT2D eigenvalue weighted by atomic mass is 10.3. The molecule has 4 N–H and O–H groups in total. The van der Waals surface area contributed by atoms with E-state index in [2.05, 4.69) is 17.2 Å². The number of nitrogens with two attached hydrogens (primary N) is 1. The standard InChI is InChI=1S/C10H11N3O2/c1-2-9(14)12-7-3-5-8(6-4-7)13-10(11)15/h2-6H,1H2,(H,12,14)(H3,11,13,15). The normalized spacial score (nSPS) is 9.07. The summed E-state index contributed by atoms with van der Waals surface area (Å²) < 4.78 is 0. The van der Waals surface area contributed by atoms with Gasteiger partial charge in [-0.25, -0.2) is 4.79 Å². The molecule has 0 aliphatic rings. The van der Waals surface area contributed by atoms with Gasteiger partial charge in [-0.05, 0) is 30.3 Å². The van der Waals surface area contributed by atoms with E-state index in [1.165, 1.54) is 6.08 Å². The van der Waals surface area contributed by atoms with Gasteiger partial charge in [-0.1, -0.05) is 6.58 Å².